The molecule has 2 aromatic heterocycles. The molecule has 0 aliphatic carbocycles. The Morgan fingerprint density at radius 2 is 2.41 bits per heavy atom. The van der Waals surface area contributed by atoms with E-state index in [0.29, 0.717) is 18.1 Å². The van der Waals surface area contributed by atoms with Gasteiger partial charge in [-0.05, 0) is 13.0 Å². The smallest absolute Gasteiger partial charge is 0.157 e. The summed E-state index contributed by atoms with van der Waals surface area (Å²) in [7, 11) is 0. The van der Waals surface area contributed by atoms with E-state index < -0.39 is 0 Å². The lowest BCUT2D eigenvalue weighted by Crippen LogP contribution is -1.99. The van der Waals surface area contributed by atoms with Crippen molar-refractivity contribution in [2.45, 2.75) is 20.1 Å². The average Bonchev–Trinajstić information content (AvgIpc) is 2.84. The molecule has 86 valence electrons. The molecule has 0 unspecified atom stereocenters. The van der Waals surface area contributed by atoms with E-state index in [1.165, 1.54) is 0 Å². The van der Waals surface area contributed by atoms with Gasteiger partial charge in [0.1, 0.15) is 18.4 Å². The van der Waals surface area contributed by atoms with Gasteiger partial charge in [-0.15, -0.1) is 0 Å². The highest BCUT2D eigenvalue weighted by Crippen LogP contribution is 2.12. The van der Waals surface area contributed by atoms with E-state index >= 15 is 0 Å². The van der Waals surface area contributed by atoms with Gasteiger partial charge in [0.15, 0.2) is 5.75 Å². The number of aromatic nitrogens is 3. The molecule has 2 heterocycles. The van der Waals surface area contributed by atoms with Crippen LogP contribution in [0.3, 0.4) is 0 Å². The lowest BCUT2D eigenvalue weighted by atomic mass is 10.2. The second-order valence-corrected chi connectivity index (χ2v) is 3.44. The third-order valence-corrected chi connectivity index (χ3v) is 2.33. The van der Waals surface area contributed by atoms with E-state index in [2.05, 4.69) is 10.1 Å². The lowest BCUT2D eigenvalue weighted by molar-refractivity contribution is 0.305. The fourth-order valence-corrected chi connectivity index (χ4v) is 1.41. The first-order valence-corrected chi connectivity index (χ1v) is 5.32. The van der Waals surface area contributed by atoms with Crippen LogP contribution in [0.2, 0.25) is 0 Å². The van der Waals surface area contributed by atoms with Crippen molar-refractivity contribution in [2.24, 2.45) is 0 Å². The van der Waals surface area contributed by atoms with Gasteiger partial charge in [0.05, 0.1) is 12.4 Å². The van der Waals surface area contributed by atoms with Crippen molar-refractivity contribution in [3.8, 4) is 11.8 Å². The van der Waals surface area contributed by atoms with Gasteiger partial charge in [0.25, 0.3) is 0 Å². The molecular weight excluding hydrogens is 216 g/mol. The first-order chi connectivity index (χ1) is 8.33. The van der Waals surface area contributed by atoms with Crippen molar-refractivity contribution in [3.05, 3.63) is 42.0 Å². The third-order valence-electron chi connectivity index (χ3n) is 2.33. The van der Waals surface area contributed by atoms with E-state index in [1.807, 2.05) is 25.3 Å². The van der Waals surface area contributed by atoms with Crippen LogP contribution in [0.25, 0.3) is 0 Å². The summed E-state index contributed by atoms with van der Waals surface area (Å²) >= 11 is 0. The molecule has 0 saturated carbocycles. The van der Waals surface area contributed by atoms with Gasteiger partial charge in [-0.1, -0.05) is 6.07 Å². The van der Waals surface area contributed by atoms with E-state index in [-0.39, 0.29) is 0 Å². The normalized spacial score (nSPS) is 9.88. The molecular formula is C12H12N4O. The molecule has 0 radical (unpaired) electrons. The Morgan fingerprint density at radius 1 is 1.53 bits per heavy atom. The minimum Gasteiger partial charge on any atom is -0.486 e. The predicted octanol–water partition coefficient (Wildman–Crippen LogP) is 1.75. The fourth-order valence-electron chi connectivity index (χ4n) is 1.41. The summed E-state index contributed by atoms with van der Waals surface area (Å²) in [6.07, 6.45) is 5.07. The van der Waals surface area contributed by atoms with Crippen LogP contribution < -0.4 is 4.74 Å². The number of rotatable bonds is 4. The summed E-state index contributed by atoms with van der Waals surface area (Å²) in [5.74, 6) is 0.694. The molecule has 0 amide bonds. The number of nitrogens with zero attached hydrogens (tertiary/aromatic N) is 4. The summed E-state index contributed by atoms with van der Waals surface area (Å²) < 4.78 is 7.32. The van der Waals surface area contributed by atoms with Crippen LogP contribution in [0, 0.1) is 11.3 Å². The Labute approximate surface area is 99.3 Å². The van der Waals surface area contributed by atoms with E-state index in [4.69, 9.17) is 10.00 Å². The minimum atomic E-state index is 0.326. The Kier molecular flexibility index (Phi) is 3.36. The van der Waals surface area contributed by atoms with E-state index in [0.717, 1.165) is 12.1 Å². The number of hydrogen-bond donors (Lipinski definition) is 0. The maximum Gasteiger partial charge on any atom is 0.157 e. The molecule has 0 saturated heterocycles. The van der Waals surface area contributed by atoms with Crippen molar-refractivity contribution in [2.75, 3.05) is 0 Å². The molecule has 2 rings (SSSR count). The van der Waals surface area contributed by atoms with Gasteiger partial charge in [0.2, 0.25) is 0 Å². The van der Waals surface area contributed by atoms with Crippen LogP contribution in [0.5, 0.6) is 5.75 Å². The molecule has 17 heavy (non-hydrogen) atoms. The number of aryl methyl sites for hydroxylation is 1. The number of hydrogen-bond acceptors (Lipinski definition) is 4. The highest BCUT2D eigenvalue weighted by molar-refractivity contribution is 5.30. The van der Waals surface area contributed by atoms with Gasteiger partial charge in [-0.2, -0.15) is 10.4 Å². The Bertz CT molecular complexity index is 541. The maximum atomic E-state index is 8.87. The van der Waals surface area contributed by atoms with Crippen LogP contribution in [0.4, 0.5) is 0 Å². The first kappa shape index (κ1) is 11.1. The molecule has 0 atom stereocenters. The second-order valence-electron chi connectivity index (χ2n) is 3.44. The molecule has 0 aromatic carbocycles. The quantitative estimate of drug-likeness (QED) is 0.799. The van der Waals surface area contributed by atoms with Crippen LogP contribution in [0.1, 0.15) is 18.2 Å². The number of pyridine rings is 1. The van der Waals surface area contributed by atoms with Crippen molar-refractivity contribution >= 4 is 0 Å². The van der Waals surface area contributed by atoms with Gasteiger partial charge in [-0.3, -0.25) is 4.68 Å². The van der Waals surface area contributed by atoms with Crippen molar-refractivity contribution < 1.29 is 4.74 Å². The van der Waals surface area contributed by atoms with Gasteiger partial charge < -0.3 is 4.74 Å². The first-order valence-electron chi connectivity index (χ1n) is 5.32. The summed E-state index contributed by atoms with van der Waals surface area (Å²) in [6, 6.07) is 5.65. The van der Waals surface area contributed by atoms with Crippen molar-refractivity contribution in [3.63, 3.8) is 0 Å². The molecule has 0 fully saturated rings. The molecule has 5 nitrogen and oxygen atoms in total. The molecule has 0 aliphatic rings. The van der Waals surface area contributed by atoms with Gasteiger partial charge in [0, 0.05) is 18.3 Å². The van der Waals surface area contributed by atoms with Crippen LogP contribution in [0.15, 0.2) is 30.7 Å². The van der Waals surface area contributed by atoms with Crippen LogP contribution in [-0.4, -0.2) is 14.8 Å². The lowest BCUT2D eigenvalue weighted by Gasteiger charge is -2.04. The predicted molar refractivity (Wildman–Crippen MR) is 61.2 cm³/mol. The topological polar surface area (TPSA) is 63.7 Å². The van der Waals surface area contributed by atoms with Crippen LogP contribution >= 0.6 is 0 Å². The zero-order chi connectivity index (χ0) is 12.1. The zero-order valence-electron chi connectivity index (χ0n) is 9.50. The molecule has 2 aromatic rings. The van der Waals surface area contributed by atoms with Crippen molar-refractivity contribution in [1.29, 1.82) is 5.26 Å². The highest BCUT2D eigenvalue weighted by atomic mass is 16.5. The average molecular weight is 228 g/mol. The zero-order valence-corrected chi connectivity index (χ0v) is 9.50. The summed E-state index contributed by atoms with van der Waals surface area (Å²) in [5, 5.41) is 13.0. The highest BCUT2D eigenvalue weighted by Gasteiger charge is 2.04. The Balaban J connectivity index is 2.05. The van der Waals surface area contributed by atoms with E-state index in [9.17, 15) is 0 Å². The second kappa shape index (κ2) is 5.12. The largest absolute Gasteiger partial charge is 0.486 e. The Morgan fingerprint density at radius 3 is 3.12 bits per heavy atom. The molecule has 0 aliphatic heterocycles. The summed E-state index contributed by atoms with van der Waals surface area (Å²) in [5.41, 5.74) is 1.18. The Hall–Kier alpha value is -2.35. The van der Waals surface area contributed by atoms with Gasteiger partial charge in [-0.25, -0.2) is 4.98 Å². The fraction of sp³-hybridized carbons (Fsp3) is 0.250. The molecule has 5 heteroatoms. The maximum absolute atomic E-state index is 8.87. The monoisotopic (exact) mass is 228 g/mol. The van der Waals surface area contributed by atoms with Crippen LogP contribution in [-0.2, 0) is 13.2 Å². The third kappa shape index (κ3) is 2.61. The standard InChI is InChI=1S/C12H12N4O/c1-2-16-8-11(7-15-16)17-9-10-4-3-5-14-12(10)6-13/h3-5,7-8H,2,9H2,1H3. The molecule has 0 bridgehead atoms. The van der Waals surface area contributed by atoms with Crippen molar-refractivity contribution in [1.82, 2.24) is 14.8 Å². The summed E-state index contributed by atoms with van der Waals surface area (Å²) in [6.45, 7) is 3.14. The van der Waals surface area contributed by atoms with E-state index in [1.54, 1.807) is 23.1 Å². The number of nitriles is 1. The minimum absolute atomic E-state index is 0.326. The molecule has 0 N–H and O–H groups in total. The van der Waals surface area contributed by atoms with Gasteiger partial charge >= 0.3 is 0 Å². The molecule has 0 spiro atoms. The number of ether oxygens (including phenoxy) is 1. The SMILES string of the molecule is CCn1cc(OCc2cccnc2C#N)cn1. The summed E-state index contributed by atoms with van der Waals surface area (Å²) in [4.78, 5) is 3.97.